The third-order valence-electron chi connectivity index (χ3n) is 3.85. The molecule has 0 saturated carbocycles. The van der Waals surface area contributed by atoms with Crippen LogP contribution in [0.3, 0.4) is 0 Å². The number of anilines is 1. The Kier molecular flexibility index (Phi) is 5.19. The van der Waals surface area contributed by atoms with Crippen molar-refractivity contribution in [2.75, 3.05) is 5.32 Å². The van der Waals surface area contributed by atoms with Gasteiger partial charge in [-0.05, 0) is 47.5 Å². The van der Waals surface area contributed by atoms with Crippen molar-refractivity contribution in [1.82, 2.24) is 0 Å². The van der Waals surface area contributed by atoms with Gasteiger partial charge >= 0.3 is 0 Å². The number of halogens is 2. The van der Waals surface area contributed by atoms with Crippen LogP contribution in [-0.2, 0) is 4.79 Å². The molecule has 0 aliphatic carbocycles. The van der Waals surface area contributed by atoms with Gasteiger partial charge in [0.05, 0.1) is 5.02 Å². The van der Waals surface area contributed by atoms with Crippen LogP contribution in [0.2, 0.25) is 5.02 Å². The molecule has 3 nitrogen and oxygen atoms in total. The molecule has 3 aromatic rings. The Morgan fingerprint density at radius 3 is 2.60 bits per heavy atom. The highest BCUT2D eigenvalue weighted by Gasteiger charge is 2.19. The van der Waals surface area contributed by atoms with Crippen LogP contribution in [0.4, 0.5) is 10.1 Å². The first-order chi connectivity index (χ1) is 12.1. The second kappa shape index (κ2) is 7.53. The van der Waals surface area contributed by atoms with Crippen molar-refractivity contribution >= 4 is 34.0 Å². The average Bonchev–Trinajstić information content (AvgIpc) is 2.62. The van der Waals surface area contributed by atoms with Gasteiger partial charge < -0.3 is 10.1 Å². The lowest BCUT2D eigenvalue weighted by Crippen LogP contribution is -2.32. The van der Waals surface area contributed by atoms with Gasteiger partial charge in [0.15, 0.2) is 6.10 Å². The molecule has 0 aromatic heterocycles. The number of carbonyl (C=O) groups is 1. The van der Waals surface area contributed by atoms with Crippen molar-refractivity contribution in [1.29, 1.82) is 0 Å². The number of hydrogen-bond donors (Lipinski definition) is 1. The molecular formula is C20H17ClFNO2. The molecule has 0 saturated heterocycles. The summed E-state index contributed by atoms with van der Waals surface area (Å²) in [7, 11) is 0. The summed E-state index contributed by atoms with van der Waals surface area (Å²) in [6, 6.07) is 17.7. The Hall–Kier alpha value is -2.59. The Morgan fingerprint density at radius 2 is 1.88 bits per heavy atom. The molecule has 0 radical (unpaired) electrons. The topological polar surface area (TPSA) is 38.3 Å². The Bertz CT molecular complexity index is 913. The van der Waals surface area contributed by atoms with Crippen molar-refractivity contribution in [3.63, 3.8) is 0 Å². The summed E-state index contributed by atoms with van der Waals surface area (Å²) >= 11 is 5.74. The number of rotatable bonds is 5. The highest BCUT2D eigenvalue weighted by atomic mass is 35.5. The van der Waals surface area contributed by atoms with Crippen LogP contribution in [0, 0.1) is 5.82 Å². The molecule has 0 aliphatic heterocycles. The first-order valence-electron chi connectivity index (χ1n) is 7.98. The largest absolute Gasteiger partial charge is 0.481 e. The number of amides is 1. The molecule has 1 atom stereocenters. The predicted octanol–water partition coefficient (Wildman–Crippen LogP) is 5.43. The summed E-state index contributed by atoms with van der Waals surface area (Å²) in [5, 5.41) is 4.81. The molecular weight excluding hydrogens is 341 g/mol. The fourth-order valence-electron chi connectivity index (χ4n) is 2.52. The van der Waals surface area contributed by atoms with Gasteiger partial charge in [-0.25, -0.2) is 4.39 Å². The molecule has 1 N–H and O–H groups in total. The van der Waals surface area contributed by atoms with Crippen molar-refractivity contribution in [3.05, 3.63) is 71.5 Å². The van der Waals surface area contributed by atoms with E-state index in [-0.39, 0.29) is 10.9 Å². The lowest BCUT2D eigenvalue weighted by molar-refractivity contribution is -0.122. The lowest BCUT2D eigenvalue weighted by atomic mass is 10.1. The molecule has 0 heterocycles. The third-order valence-corrected chi connectivity index (χ3v) is 4.14. The second-order valence-corrected chi connectivity index (χ2v) is 6.05. The summed E-state index contributed by atoms with van der Waals surface area (Å²) in [4.78, 5) is 12.4. The number of nitrogens with one attached hydrogen (secondary N) is 1. The standard InChI is InChI=1S/C20H17ClFNO2/c1-2-19(20(24)23-15-8-10-18(22)17(21)12-15)25-16-9-7-13-5-3-4-6-14(13)11-16/h3-12,19H,2H2,1H3,(H,23,24)/t19-/m0/s1. The second-order valence-electron chi connectivity index (χ2n) is 5.64. The molecule has 0 fully saturated rings. The molecule has 0 bridgehead atoms. The van der Waals surface area contributed by atoms with Gasteiger partial charge in [0.2, 0.25) is 0 Å². The van der Waals surface area contributed by atoms with Gasteiger partial charge in [-0.3, -0.25) is 4.79 Å². The van der Waals surface area contributed by atoms with Crippen molar-refractivity contribution in [3.8, 4) is 5.75 Å². The molecule has 128 valence electrons. The van der Waals surface area contributed by atoms with E-state index in [1.807, 2.05) is 49.4 Å². The number of carbonyl (C=O) groups excluding carboxylic acids is 1. The van der Waals surface area contributed by atoms with E-state index in [9.17, 15) is 9.18 Å². The maximum absolute atomic E-state index is 13.2. The van der Waals surface area contributed by atoms with E-state index in [1.54, 1.807) is 0 Å². The highest BCUT2D eigenvalue weighted by Crippen LogP contribution is 2.23. The van der Waals surface area contributed by atoms with Crippen molar-refractivity contribution in [2.45, 2.75) is 19.4 Å². The molecule has 5 heteroatoms. The van der Waals surface area contributed by atoms with E-state index < -0.39 is 11.9 Å². The smallest absolute Gasteiger partial charge is 0.265 e. The van der Waals surface area contributed by atoms with Crippen LogP contribution in [0.5, 0.6) is 5.75 Å². The van der Waals surface area contributed by atoms with Gasteiger partial charge in [-0.15, -0.1) is 0 Å². The van der Waals surface area contributed by atoms with Crippen molar-refractivity contribution in [2.24, 2.45) is 0 Å². The minimum Gasteiger partial charge on any atom is -0.481 e. The summed E-state index contributed by atoms with van der Waals surface area (Å²) < 4.78 is 19.0. The normalized spacial score (nSPS) is 12.0. The van der Waals surface area contributed by atoms with Crippen LogP contribution in [-0.4, -0.2) is 12.0 Å². The van der Waals surface area contributed by atoms with E-state index in [0.717, 1.165) is 10.8 Å². The maximum Gasteiger partial charge on any atom is 0.265 e. The first kappa shape index (κ1) is 17.2. The van der Waals surface area contributed by atoms with E-state index in [0.29, 0.717) is 17.9 Å². The fourth-order valence-corrected chi connectivity index (χ4v) is 2.70. The minimum absolute atomic E-state index is 0.0405. The SMILES string of the molecule is CC[C@H](Oc1ccc2ccccc2c1)C(=O)Nc1ccc(F)c(Cl)c1. The van der Waals surface area contributed by atoms with Gasteiger partial charge in [0.25, 0.3) is 5.91 Å². The van der Waals surface area contributed by atoms with Crippen molar-refractivity contribution < 1.29 is 13.9 Å². The van der Waals surface area contributed by atoms with Crippen LogP contribution >= 0.6 is 11.6 Å². The quantitative estimate of drug-likeness (QED) is 0.661. The molecule has 0 aliphatic rings. The van der Waals surface area contributed by atoms with E-state index >= 15 is 0 Å². The minimum atomic E-state index is -0.662. The van der Waals surface area contributed by atoms with Gasteiger partial charge in [-0.2, -0.15) is 0 Å². The van der Waals surface area contributed by atoms with Crippen LogP contribution in [0.1, 0.15) is 13.3 Å². The van der Waals surface area contributed by atoms with Gasteiger partial charge in [0, 0.05) is 5.69 Å². The Morgan fingerprint density at radius 1 is 1.12 bits per heavy atom. The summed E-state index contributed by atoms with van der Waals surface area (Å²) in [5.74, 6) is -0.213. The molecule has 0 unspecified atom stereocenters. The monoisotopic (exact) mass is 357 g/mol. The van der Waals surface area contributed by atoms with E-state index in [2.05, 4.69) is 5.32 Å². The molecule has 3 rings (SSSR count). The zero-order valence-electron chi connectivity index (χ0n) is 13.6. The molecule has 1 amide bonds. The predicted molar refractivity (Wildman–Crippen MR) is 98.7 cm³/mol. The lowest BCUT2D eigenvalue weighted by Gasteiger charge is -2.18. The number of benzene rings is 3. The first-order valence-corrected chi connectivity index (χ1v) is 8.36. The zero-order chi connectivity index (χ0) is 17.8. The van der Waals surface area contributed by atoms with Gasteiger partial charge in [-0.1, -0.05) is 48.9 Å². The summed E-state index contributed by atoms with van der Waals surface area (Å²) in [6.45, 7) is 1.86. The molecule has 0 spiro atoms. The maximum atomic E-state index is 13.2. The summed E-state index contributed by atoms with van der Waals surface area (Å²) in [6.07, 6.45) is -0.168. The molecule has 3 aromatic carbocycles. The Labute approximate surface area is 150 Å². The summed E-state index contributed by atoms with van der Waals surface area (Å²) in [5.41, 5.74) is 0.428. The fraction of sp³-hybridized carbons (Fsp3) is 0.150. The van der Waals surface area contributed by atoms with Crippen LogP contribution in [0.25, 0.3) is 10.8 Å². The third kappa shape index (κ3) is 4.09. The average molecular weight is 358 g/mol. The van der Waals surface area contributed by atoms with E-state index in [1.165, 1.54) is 18.2 Å². The van der Waals surface area contributed by atoms with E-state index in [4.69, 9.17) is 16.3 Å². The Balaban J connectivity index is 1.73. The van der Waals surface area contributed by atoms with Crippen LogP contribution in [0.15, 0.2) is 60.7 Å². The highest BCUT2D eigenvalue weighted by molar-refractivity contribution is 6.31. The zero-order valence-corrected chi connectivity index (χ0v) is 14.4. The number of hydrogen-bond acceptors (Lipinski definition) is 2. The molecule has 25 heavy (non-hydrogen) atoms. The van der Waals surface area contributed by atoms with Gasteiger partial charge in [0.1, 0.15) is 11.6 Å². The van der Waals surface area contributed by atoms with Crippen LogP contribution < -0.4 is 10.1 Å². The number of fused-ring (bicyclic) bond motifs is 1. The number of ether oxygens (including phenoxy) is 1.